The number of hydrogen-bond donors (Lipinski definition) is 1. The van der Waals surface area contributed by atoms with Crippen LogP contribution in [0, 0.1) is 5.82 Å². The highest BCUT2D eigenvalue weighted by Crippen LogP contribution is 2.18. The topological polar surface area (TPSA) is 97.6 Å². The van der Waals surface area contributed by atoms with Crippen LogP contribution in [0.4, 0.5) is 4.39 Å². The van der Waals surface area contributed by atoms with Gasteiger partial charge >= 0.3 is 0 Å². The molecule has 0 spiro atoms. The van der Waals surface area contributed by atoms with Gasteiger partial charge in [0.2, 0.25) is 11.8 Å². The van der Waals surface area contributed by atoms with E-state index in [1.807, 2.05) is 13.8 Å². The van der Waals surface area contributed by atoms with E-state index in [2.05, 4.69) is 15.5 Å². The van der Waals surface area contributed by atoms with E-state index in [4.69, 9.17) is 9.15 Å². The number of thioether (sulfide) groups is 1. The van der Waals surface area contributed by atoms with Gasteiger partial charge in [0.1, 0.15) is 5.82 Å². The molecule has 150 valence electrons. The Morgan fingerprint density at radius 1 is 1.21 bits per heavy atom. The Bertz CT molecular complexity index is 819. The highest BCUT2D eigenvalue weighted by atomic mass is 32.2. The molecule has 0 bridgehead atoms. The minimum absolute atomic E-state index is 0.0115. The van der Waals surface area contributed by atoms with Gasteiger partial charge in [-0.05, 0) is 38.1 Å². The Morgan fingerprint density at radius 2 is 1.89 bits per heavy atom. The number of aromatic nitrogens is 2. The smallest absolute Gasteiger partial charge is 0.277 e. The maximum absolute atomic E-state index is 12.9. The highest BCUT2D eigenvalue weighted by molar-refractivity contribution is 7.99. The second-order valence-corrected chi connectivity index (χ2v) is 7.42. The Labute approximate surface area is 165 Å². The Morgan fingerprint density at radius 3 is 2.57 bits per heavy atom. The van der Waals surface area contributed by atoms with Gasteiger partial charge in [0.25, 0.3) is 11.1 Å². The number of halogens is 1. The van der Waals surface area contributed by atoms with Gasteiger partial charge in [0, 0.05) is 18.7 Å². The third-order valence-corrected chi connectivity index (χ3v) is 4.85. The largest absolute Gasteiger partial charge is 0.414 e. The zero-order valence-electron chi connectivity index (χ0n) is 15.6. The fraction of sp³-hybridized carbons (Fsp3) is 0.444. The molecule has 1 aliphatic rings. The van der Waals surface area contributed by atoms with Crippen LogP contribution in [0.3, 0.4) is 0 Å². The number of morpholine rings is 1. The molecule has 1 aromatic carbocycles. The van der Waals surface area contributed by atoms with Gasteiger partial charge in [-0.3, -0.25) is 9.59 Å². The van der Waals surface area contributed by atoms with Crippen LogP contribution in [-0.2, 0) is 16.1 Å². The molecule has 2 amide bonds. The lowest BCUT2D eigenvalue weighted by atomic mass is 10.2. The van der Waals surface area contributed by atoms with E-state index in [1.54, 1.807) is 4.90 Å². The van der Waals surface area contributed by atoms with E-state index < -0.39 is 5.82 Å². The minimum Gasteiger partial charge on any atom is -0.414 e. The van der Waals surface area contributed by atoms with E-state index in [0.717, 1.165) is 11.8 Å². The van der Waals surface area contributed by atoms with E-state index in [0.29, 0.717) is 18.7 Å². The molecule has 2 atom stereocenters. The van der Waals surface area contributed by atoms with E-state index >= 15 is 0 Å². The van der Waals surface area contributed by atoms with Crippen molar-refractivity contribution in [3.8, 4) is 0 Å². The number of ether oxygens (including phenoxy) is 1. The maximum atomic E-state index is 12.9. The van der Waals surface area contributed by atoms with Crippen molar-refractivity contribution >= 4 is 23.6 Å². The van der Waals surface area contributed by atoms with Gasteiger partial charge in [-0.1, -0.05) is 11.8 Å². The van der Waals surface area contributed by atoms with Gasteiger partial charge < -0.3 is 19.4 Å². The SMILES string of the molecule is C[C@@H]1CN(C(=O)CSc2nnc(CNC(=O)c3ccc(F)cc3)o2)C[C@@H](C)O1. The average Bonchev–Trinajstić information content (AvgIpc) is 3.12. The summed E-state index contributed by atoms with van der Waals surface area (Å²) in [6, 6.07) is 5.20. The van der Waals surface area contributed by atoms with Crippen molar-refractivity contribution in [1.29, 1.82) is 0 Å². The highest BCUT2D eigenvalue weighted by Gasteiger charge is 2.26. The van der Waals surface area contributed by atoms with Crippen LogP contribution < -0.4 is 5.32 Å². The second kappa shape index (κ2) is 9.16. The summed E-state index contributed by atoms with van der Waals surface area (Å²) < 4.78 is 24.0. The predicted octanol–water partition coefficient (Wildman–Crippen LogP) is 1.87. The summed E-state index contributed by atoms with van der Waals surface area (Å²) >= 11 is 1.15. The number of carbonyl (C=O) groups is 2. The van der Waals surface area contributed by atoms with Crippen molar-refractivity contribution in [3.05, 3.63) is 41.5 Å². The fourth-order valence-corrected chi connectivity index (χ4v) is 3.51. The standard InChI is InChI=1S/C18H21FN4O4S/c1-11-8-23(9-12(2)26-11)16(24)10-28-18-22-21-15(27-18)7-20-17(25)13-3-5-14(19)6-4-13/h3-6,11-12H,7-10H2,1-2H3,(H,20,25)/t11-,12-/m1/s1. The zero-order chi connectivity index (χ0) is 20.1. The monoisotopic (exact) mass is 408 g/mol. The molecule has 1 N–H and O–H groups in total. The predicted molar refractivity (Wildman–Crippen MR) is 99.2 cm³/mol. The third-order valence-electron chi connectivity index (χ3n) is 4.05. The fourth-order valence-electron chi connectivity index (χ4n) is 2.82. The summed E-state index contributed by atoms with van der Waals surface area (Å²) in [5.41, 5.74) is 0.329. The van der Waals surface area contributed by atoms with Gasteiger partial charge in [-0.2, -0.15) is 0 Å². The first-order chi connectivity index (χ1) is 13.4. The second-order valence-electron chi connectivity index (χ2n) is 6.50. The number of nitrogens with zero attached hydrogens (tertiary/aromatic N) is 3. The van der Waals surface area contributed by atoms with E-state index in [1.165, 1.54) is 24.3 Å². The molecule has 1 fully saturated rings. The Balaban J connectivity index is 1.45. The van der Waals surface area contributed by atoms with Crippen LogP contribution >= 0.6 is 11.8 Å². The third kappa shape index (κ3) is 5.52. The van der Waals surface area contributed by atoms with Crippen molar-refractivity contribution in [2.24, 2.45) is 0 Å². The number of amides is 2. The number of nitrogens with one attached hydrogen (secondary N) is 1. The van der Waals surface area contributed by atoms with E-state index in [-0.39, 0.29) is 47.4 Å². The number of carbonyl (C=O) groups excluding carboxylic acids is 2. The summed E-state index contributed by atoms with van der Waals surface area (Å²) in [4.78, 5) is 26.1. The average molecular weight is 408 g/mol. The molecule has 0 unspecified atom stereocenters. The van der Waals surface area contributed by atoms with Crippen molar-refractivity contribution in [3.63, 3.8) is 0 Å². The molecule has 2 heterocycles. The molecule has 1 aliphatic heterocycles. The molecule has 0 radical (unpaired) electrons. The van der Waals surface area contributed by atoms with Crippen molar-refractivity contribution in [2.75, 3.05) is 18.8 Å². The summed E-state index contributed by atoms with van der Waals surface area (Å²) in [6.45, 7) is 5.04. The summed E-state index contributed by atoms with van der Waals surface area (Å²) in [7, 11) is 0. The van der Waals surface area contributed by atoms with Gasteiger partial charge in [-0.15, -0.1) is 10.2 Å². The van der Waals surface area contributed by atoms with Crippen LogP contribution in [0.25, 0.3) is 0 Å². The van der Waals surface area contributed by atoms with Crippen molar-refractivity contribution in [2.45, 2.75) is 37.8 Å². The molecule has 2 aromatic rings. The molecule has 0 aliphatic carbocycles. The van der Waals surface area contributed by atoms with Crippen molar-refractivity contribution in [1.82, 2.24) is 20.4 Å². The van der Waals surface area contributed by atoms with Gasteiger partial charge in [0.15, 0.2) is 0 Å². The summed E-state index contributed by atoms with van der Waals surface area (Å²) in [5, 5.41) is 10.6. The molecule has 1 saturated heterocycles. The lowest BCUT2D eigenvalue weighted by molar-refractivity contribution is -0.140. The Hall–Kier alpha value is -2.46. The molecular weight excluding hydrogens is 387 g/mol. The molecule has 3 rings (SSSR count). The maximum Gasteiger partial charge on any atom is 0.277 e. The zero-order valence-corrected chi connectivity index (χ0v) is 16.4. The molecular formula is C18H21FN4O4S. The molecule has 10 heteroatoms. The molecule has 28 heavy (non-hydrogen) atoms. The number of hydrogen-bond acceptors (Lipinski definition) is 7. The van der Waals surface area contributed by atoms with Crippen LogP contribution in [0.1, 0.15) is 30.1 Å². The molecule has 8 nitrogen and oxygen atoms in total. The van der Waals surface area contributed by atoms with Gasteiger partial charge in [-0.25, -0.2) is 4.39 Å². The molecule has 1 aromatic heterocycles. The van der Waals surface area contributed by atoms with Crippen molar-refractivity contribution < 1.29 is 23.1 Å². The first kappa shape index (κ1) is 20.3. The lowest BCUT2D eigenvalue weighted by Gasteiger charge is -2.35. The van der Waals surface area contributed by atoms with Crippen LogP contribution in [0.2, 0.25) is 0 Å². The van der Waals surface area contributed by atoms with Crippen LogP contribution in [0.15, 0.2) is 33.9 Å². The lowest BCUT2D eigenvalue weighted by Crippen LogP contribution is -2.48. The first-order valence-electron chi connectivity index (χ1n) is 8.83. The quantitative estimate of drug-likeness (QED) is 0.729. The number of benzene rings is 1. The first-order valence-corrected chi connectivity index (χ1v) is 9.81. The molecule has 0 saturated carbocycles. The summed E-state index contributed by atoms with van der Waals surface area (Å²) in [6.07, 6.45) is 0.0230. The van der Waals surface area contributed by atoms with Gasteiger partial charge in [0.05, 0.1) is 24.5 Å². The Kier molecular flexibility index (Phi) is 6.63. The van der Waals surface area contributed by atoms with E-state index in [9.17, 15) is 14.0 Å². The minimum atomic E-state index is -0.411. The normalized spacial score (nSPS) is 19.5. The summed E-state index contributed by atoms with van der Waals surface area (Å²) in [5.74, 6) is -0.401. The number of rotatable bonds is 6. The van der Waals surface area contributed by atoms with Crippen LogP contribution in [0.5, 0.6) is 0 Å². The van der Waals surface area contributed by atoms with Crippen LogP contribution in [-0.4, -0.2) is 58.0 Å².